The lowest BCUT2D eigenvalue weighted by Crippen LogP contribution is -2.48. The van der Waals surface area contributed by atoms with Crippen molar-refractivity contribution in [2.24, 2.45) is 33.1 Å². The number of carbonyl (C=O) groups excluding carboxylic acids is 2. The number of alkyl carbamates (subject to hydrolysis) is 2. The number of aliphatic hydroxyl groups excluding tert-OH is 1. The summed E-state index contributed by atoms with van der Waals surface area (Å²) < 4.78 is 10.3. The van der Waals surface area contributed by atoms with Crippen LogP contribution in [0.3, 0.4) is 0 Å². The van der Waals surface area contributed by atoms with Gasteiger partial charge in [-0.1, -0.05) is 116 Å². The summed E-state index contributed by atoms with van der Waals surface area (Å²) in [6.45, 7) is 22.0. The van der Waals surface area contributed by atoms with Gasteiger partial charge in [-0.3, -0.25) is 0 Å². The largest absolute Gasteiger partial charge is 0.445 e. The van der Waals surface area contributed by atoms with Crippen LogP contribution in [-0.4, -0.2) is 47.6 Å². The third-order valence-corrected chi connectivity index (χ3v) is 9.52. The second-order valence-electron chi connectivity index (χ2n) is 18.7. The van der Waals surface area contributed by atoms with Crippen molar-refractivity contribution in [3.63, 3.8) is 0 Å². The summed E-state index contributed by atoms with van der Waals surface area (Å²) in [5, 5.41) is 13.8. The molecule has 0 saturated heterocycles. The van der Waals surface area contributed by atoms with Gasteiger partial charge in [-0.2, -0.15) is 0 Å². The molecule has 7 N–H and O–H groups in total. The van der Waals surface area contributed by atoms with Crippen LogP contribution in [0.5, 0.6) is 0 Å². The number of carbonyl (C=O) groups is 2. The zero-order chi connectivity index (χ0) is 39.2. The summed E-state index contributed by atoms with van der Waals surface area (Å²) in [6.07, 6.45) is 8.21. The van der Waals surface area contributed by atoms with Crippen LogP contribution in [0.4, 0.5) is 9.59 Å². The minimum atomic E-state index is -0.311. The van der Waals surface area contributed by atoms with E-state index in [0.29, 0.717) is 47.0 Å². The Hall–Kier alpha value is -3.14. The van der Waals surface area contributed by atoms with Gasteiger partial charge in [0.1, 0.15) is 13.2 Å². The van der Waals surface area contributed by atoms with E-state index in [4.69, 9.17) is 26.0 Å². The molecule has 4 aliphatic carbocycles. The quantitative estimate of drug-likeness (QED) is 0.200. The van der Waals surface area contributed by atoms with Gasteiger partial charge < -0.3 is 36.7 Å². The Bertz CT molecular complexity index is 1200. The molecule has 9 heteroatoms. The first-order chi connectivity index (χ1) is 24.0. The number of hydrogen-bond donors (Lipinski definition) is 5. The highest BCUT2D eigenvalue weighted by atomic mass is 16.6. The zero-order valence-corrected chi connectivity index (χ0v) is 34.0. The number of rotatable bonds is 6. The van der Waals surface area contributed by atoms with E-state index in [1.807, 2.05) is 60.7 Å². The van der Waals surface area contributed by atoms with Gasteiger partial charge >= 0.3 is 12.2 Å². The second kappa shape index (κ2) is 20.4. The normalized spacial score (nSPS) is 20.6. The maximum absolute atomic E-state index is 11.5. The standard InChI is InChI=1S/2C14H19NO2.2C6H13N.C3H8O/c2*1-14(2)8-12(9-14)15-13(16)17-10-11-6-4-3-5-7-11;2*1-6(2)3-5(7)4-6;1-3(2)4/h2*3-7,12H,8-10H2,1-2H3,(H,15,16);2*5H,3-4,7H2,1-2H3;3-4H,1-2H3. The lowest BCUT2D eigenvalue weighted by atomic mass is 9.68. The smallest absolute Gasteiger partial charge is 0.407 e. The molecule has 4 saturated carbocycles. The molecule has 6 rings (SSSR count). The van der Waals surface area contributed by atoms with Crippen molar-refractivity contribution in [2.75, 3.05) is 0 Å². The molecule has 0 unspecified atom stereocenters. The average Bonchev–Trinajstić information content (AvgIpc) is 2.97. The summed E-state index contributed by atoms with van der Waals surface area (Å²) in [7, 11) is 0. The number of benzene rings is 2. The summed E-state index contributed by atoms with van der Waals surface area (Å²) in [5.41, 5.74) is 15.0. The van der Waals surface area contributed by atoms with E-state index in [-0.39, 0.29) is 30.4 Å². The van der Waals surface area contributed by atoms with E-state index >= 15 is 0 Å². The second-order valence-corrected chi connectivity index (χ2v) is 18.7. The first-order valence-corrected chi connectivity index (χ1v) is 19.2. The molecule has 52 heavy (non-hydrogen) atoms. The third kappa shape index (κ3) is 19.6. The molecular weight excluding hydrogens is 652 g/mol. The van der Waals surface area contributed by atoms with Gasteiger partial charge in [0.15, 0.2) is 0 Å². The van der Waals surface area contributed by atoms with Crippen molar-refractivity contribution >= 4 is 12.2 Å². The number of ether oxygens (including phenoxy) is 2. The van der Waals surface area contributed by atoms with Gasteiger partial charge in [-0.05, 0) is 98.0 Å². The molecule has 0 bridgehead atoms. The van der Waals surface area contributed by atoms with Gasteiger partial charge in [-0.15, -0.1) is 0 Å². The Morgan fingerprint density at radius 3 is 1.04 bits per heavy atom. The highest BCUT2D eigenvalue weighted by molar-refractivity contribution is 5.68. The van der Waals surface area contributed by atoms with Gasteiger partial charge in [0.25, 0.3) is 0 Å². The highest BCUT2D eigenvalue weighted by Crippen LogP contribution is 2.41. The van der Waals surface area contributed by atoms with Crippen molar-refractivity contribution in [2.45, 2.75) is 164 Å². The molecule has 0 heterocycles. The van der Waals surface area contributed by atoms with Crippen LogP contribution < -0.4 is 22.1 Å². The fourth-order valence-electron chi connectivity index (χ4n) is 7.34. The van der Waals surface area contributed by atoms with Gasteiger partial charge in [0, 0.05) is 30.3 Å². The average molecular weight is 725 g/mol. The monoisotopic (exact) mass is 725 g/mol. The minimum absolute atomic E-state index is 0.167. The van der Waals surface area contributed by atoms with E-state index in [1.54, 1.807) is 13.8 Å². The van der Waals surface area contributed by atoms with Crippen molar-refractivity contribution < 1.29 is 24.2 Å². The molecule has 0 radical (unpaired) electrons. The van der Waals surface area contributed by atoms with E-state index in [1.165, 1.54) is 25.7 Å². The molecular formula is C43H72N4O5. The summed E-state index contributed by atoms with van der Waals surface area (Å²) in [6, 6.07) is 21.0. The predicted octanol–water partition coefficient (Wildman–Crippen LogP) is 8.86. The van der Waals surface area contributed by atoms with Crippen molar-refractivity contribution in [3.05, 3.63) is 71.8 Å². The maximum Gasteiger partial charge on any atom is 0.407 e. The molecule has 4 aliphatic rings. The van der Waals surface area contributed by atoms with Crippen LogP contribution in [0.25, 0.3) is 0 Å². The molecule has 0 spiro atoms. The molecule has 9 nitrogen and oxygen atoms in total. The molecule has 2 amide bonds. The lowest BCUT2D eigenvalue weighted by molar-refractivity contribution is 0.0953. The number of aliphatic hydroxyl groups is 1. The van der Waals surface area contributed by atoms with E-state index < -0.39 is 0 Å². The molecule has 4 fully saturated rings. The van der Waals surface area contributed by atoms with Crippen molar-refractivity contribution in [3.8, 4) is 0 Å². The topological polar surface area (TPSA) is 149 Å². The van der Waals surface area contributed by atoms with E-state index in [2.05, 4.69) is 66.0 Å². The molecule has 0 aliphatic heterocycles. The Morgan fingerprint density at radius 1 is 0.596 bits per heavy atom. The number of hydrogen-bond acceptors (Lipinski definition) is 7. The number of nitrogens with one attached hydrogen (secondary N) is 2. The number of amides is 2. The Kier molecular flexibility index (Phi) is 17.6. The maximum atomic E-state index is 11.5. The van der Waals surface area contributed by atoms with Crippen molar-refractivity contribution in [1.29, 1.82) is 0 Å². The molecule has 0 atom stereocenters. The van der Waals surface area contributed by atoms with Crippen LogP contribution in [0.1, 0.15) is 132 Å². The Morgan fingerprint density at radius 2 is 0.846 bits per heavy atom. The van der Waals surface area contributed by atoms with Gasteiger partial charge in [0.05, 0.1) is 0 Å². The van der Waals surface area contributed by atoms with E-state index in [0.717, 1.165) is 36.8 Å². The SMILES string of the molecule is CC(C)O.CC1(C)CC(N)C1.CC1(C)CC(N)C1.CC1(C)CC(NC(=O)OCc2ccccc2)C1.CC1(C)CC(NC(=O)OCc2ccccc2)C1. The molecule has 2 aromatic rings. The van der Waals surface area contributed by atoms with Gasteiger partial charge in [-0.25, -0.2) is 9.59 Å². The molecule has 294 valence electrons. The Balaban J connectivity index is 0.000000248. The van der Waals surface area contributed by atoms with Crippen molar-refractivity contribution in [1.82, 2.24) is 10.6 Å². The zero-order valence-electron chi connectivity index (χ0n) is 34.0. The fraction of sp³-hybridized carbons (Fsp3) is 0.674. The fourth-order valence-corrected chi connectivity index (χ4v) is 7.34. The lowest BCUT2D eigenvalue weighted by Gasteiger charge is -2.42. The van der Waals surface area contributed by atoms with Crippen LogP contribution in [-0.2, 0) is 22.7 Å². The van der Waals surface area contributed by atoms with E-state index in [9.17, 15) is 9.59 Å². The highest BCUT2D eigenvalue weighted by Gasteiger charge is 2.38. The summed E-state index contributed by atoms with van der Waals surface area (Å²) >= 11 is 0. The van der Waals surface area contributed by atoms with Gasteiger partial charge in [0.2, 0.25) is 0 Å². The van der Waals surface area contributed by atoms with Crippen LogP contribution in [0.2, 0.25) is 0 Å². The van der Waals surface area contributed by atoms with Crippen LogP contribution in [0.15, 0.2) is 60.7 Å². The first-order valence-electron chi connectivity index (χ1n) is 19.2. The summed E-state index contributed by atoms with van der Waals surface area (Å²) in [5.74, 6) is 0. The summed E-state index contributed by atoms with van der Waals surface area (Å²) in [4.78, 5) is 23.0. The molecule has 2 aromatic carbocycles. The molecule has 0 aromatic heterocycles. The minimum Gasteiger partial charge on any atom is -0.445 e. The van der Waals surface area contributed by atoms with Crippen LogP contribution >= 0.6 is 0 Å². The number of nitrogens with two attached hydrogens (primary N) is 2. The third-order valence-electron chi connectivity index (χ3n) is 9.52. The van der Waals surface area contributed by atoms with Crippen LogP contribution in [0, 0.1) is 21.7 Å². The predicted molar refractivity (Wildman–Crippen MR) is 212 cm³/mol. The Labute approximate surface area is 315 Å². The first kappa shape index (κ1) is 45.0.